The summed E-state index contributed by atoms with van der Waals surface area (Å²) in [5.41, 5.74) is 6.65. The van der Waals surface area contributed by atoms with Gasteiger partial charge in [0.25, 0.3) is 0 Å². The lowest BCUT2D eigenvalue weighted by atomic mass is 10.1. The van der Waals surface area contributed by atoms with Crippen LogP contribution in [0.4, 0.5) is 5.69 Å². The molecule has 0 unspecified atom stereocenters. The molecule has 0 spiro atoms. The number of amides is 1. The number of methoxy groups -OCH3 is 1. The largest absolute Gasteiger partial charge is 0.497 e. The van der Waals surface area contributed by atoms with Crippen molar-refractivity contribution in [3.63, 3.8) is 0 Å². The number of anilines is 1. The third-order valence-electron chi connectivity index (χ3n) is 4.28. The first-order chi connectivity index (χ1) is 12.0. The van der Waals surface area contributed by atoms with Crippen LogP contribution in [0.25, 0.3) is 0 Å². The van der Waals surface area contributed by atoms with E-state index in [-0.39, 0.29) is 42.8 Å². The highest BCUT2D eigenvalue weighted by molar-refractivity contribution is 5.95. The van der Waals surface area contributed by atoms with Gasteiger partial charge in [-0.3, -0.25) is 9.69 Å². The van der Waals surface area contributed by atoms with E-state index >= 15 is 0 Å². The Bertz CT molecular complexity index is 743. The third-order valence-corrected chi connectivity index (χ3v) is 4.28. The van der Waals surface area contributed by atoms with E-state index in [0.717, 1.165) is 18.0 Å². The molecule has 0 aliphatic carbocycles. The summed E-state index contributed by atoms with van der Waals surface area (Å²) in [6.07, 6.45) is 0.680. The molecular weight excluding hydrogens is 389 g/mol. The van der Waals surface area contributed by atoms with Crippen LogP contribution in [0.3, 0.4) is 0 Å². The van der Waals surface area contributed by atoms with Gasteiger partial charge in [-0.1, -0.05) is 6.07 Å². The molecule has 8 heteroatoms. The van der Waals surface area contributed by atoms with Gasteiger partial charge in [0, 0.05) is 24.3 Å². The lowest BCUT2D eigenvalue weighted by Crippen LogP contribution is -2.37. The number of carbonyl (C=O) groups is 1. The molecule has 148 valence electrons. The minimum absolute atomic E-state index is 0. The van der Waals surface area contributed by atoms with Crippen LogP contribution < -0.4 is 20.5 Å². The van der Waals surface area contributed by atoms with E-state index in [0.29, 0.717) is 17.9 Å². The van der Waals surface area contributed by atoms with Crippen LogP contribution in [0.2, 0.25) is 0 Å². The summed E-state index contributed by atoms with van der Waals surface area (Å²) in [5.74, 6) is 2.08. The number of likely N-dealkylation sites (tertiary alicyclic amines) is 1. The highest BCUT2D eigenvalue weighted by Gasteiger charge is 2.32. The molecule has 2 atom stereocenters. The zero-order chi connectivity index (χ0) is 17.8. The predicted molar refractivity (Wildman–Crippen MR) is 112 cm³/mol. The summed E-state index contributed by atoms with van der Waals surface area (Å²) in [6, 6.07) is 14.6. The van der Waals surface area contributed by atoms with Crippen molar-refractivity contribution in [1.82, 2.24) is 4.90 Å². The van der Waals surface area contributed by atoms with Crippen LogP contribution in [0.1, 0.15) is 6.42 Å². The number of hydrogen-bond donors (Lipinski definition) is 2. The van der Waals surface area contributed by atoms with Crippen molar-refractivity contribution < 1.29 is 14.3 Å². The minimum Gasteiger partial charge on any atom is -0.497 e. The number of nitrogens with one attached hydrogen (secondary N) is 1. The quantitative estimate of drug-likeness (QED) is 0.785. The molecule has 0 saturated carbocycles. The minimum atomic E-state index is -0.178. The van der Waals surface area contributed by atoms with E-state index in [2.05, 4.69) is 5.32 Å². The molecule has 0 bridgehead atoms. The first-order valence-corrected chi connectivity index (χ1v) is 8.24. The normalized spacial score (nSPS) is 18.8. The number of ether oxygens (including phenoxy) is 2. The van der Waals surface area contributed by atoms with Crippen LogP contribution in [-0.2, 0) is 4.79 Å². The van der Waals surface area contributed by atoms with Crippen molar-refractivity contribution in [2.45, 2.75) is 18.5 Å². The maximum absolute atomic E-state index is 12.4. The number of halogens is 2. The second-order valence-corrected chi connectivity index (χ2v) is 6.25. The molecule has 1 heterocycles. The number of carbonyl (C=O) groups excluding carboxylic acids is 1. The monoisotopic (exact) mass is 413 g/mol. The fourth-order valence-electron chi connectivity index (χ4n) is 2.98. The first-order valence-electron chi connectivity index (χ1n) is 8.24. The van der Waals surface area contributed by atoms with Crippen LogP contribution in [-0.4, -0.2) is 43.6 Å². The third kappa shape index (κ3) is 6.01. The van der Waals surface area contributed by atoms with Gasteiger partial charge in [0.15, 0.2) is 0 Å². The van der Waals surface area contributed by atoms with E-state index in [4.69, 9.17) is 15.2 Å². The molecular formula is C19H25Cl2N3O3. The molecule has 1 amide bonds. The predicted octanol–water partition coefficient (Wildman–Crippen LogP) is 3.30. The number of nitrogens with zero attached hydrogens (tertiary/aromatic N) is 1. The number of benzene rings is 2. The molecule has 2 aromatic rings. The second kappa shape index (κ2) is 10.4. The van der Waals surface area contributed by atoms with Crippen molar-refractivity contribution >= 4 is 36.4 Å². The number of likely N-dealkylation sites (N-methyl/N-ethyl adjacent to an activating group) is 1. The van der Waals surface area contributed by atoms with Gasteiger partial charge in [-0.25, -0.2) is 0 Å². The molecule has 27 heavy (non-hydrogen) atoms. The highest BCUT2D eigenvalue weighted by atomic mass is 35.5. The molecule has 2 aromatic carbocycles. The molecule has 1 aliphatic rings. The Balaban J connectivity index is 0.00000182. The average molecular weight is 414 g/mol. The lowest BCUT2D eigenvalue weighted by molar-refractivity contribution is -0.119. The fourth-order valence-corrected chi connectivity index (χ4v) is 2.98. The van der Waals surface area contributed by atoms with E-state index in [9.17, 15) is 4.79 Å². The van der Waals surface area contributed by atoms with Crippen molar-refractivity contribution in [1.29, 1.82) is 0 Å². The first kappa shape index (κ1) is 23.0. The summed E-state index contributed by atoms with van der Waals surface area (Å²) in [7, 11) is 3.54. The zero-order valence-corrected chi connectivity index (χ0v) is 16.9. The zero-order valence-electron chi connectivity index (χ0n) is 15.3. The van der Waals surface area contributed by atoms with Crippen LogP contribution in [0, 0.1) is 0 Å². The van der Waals surface area contributed by atoms with Crippen molar-refractivity contribution in [3.05, 3.63) is 48.5 Å². The maximum Gasteiger partial charge on any atom is 0.241 e. The van der Waals surface area contributed by atoms with Gasteiger partial charge >= 0.3 is 0 Å². The highest BCUT2D eigenvalue weighted by Crippen LogP contribution is 2.26. The summed E-state index contributed by atoms with van der Waals surface area (Å²) in [4.78, 5) is 14.4. The Morgan fingerprint density at radius 1 is 1.11 bits per heavy atom. The SMILES string of the molecule is COc1cccc(Oc2ccc(NC(=O)[C@@H]3C[C@H](N)CN3C)cc2)c1.Cl.Cl. The average Bonchev–Trinajstić information content (AvgIpc) is 2.95. The molecule has 1 saturated heterocycles. The lowest BCUT2D eigenvalue weighted by Gasteiger charge is -2.18. The van der Waals surface area contributed by atoms with Gasteiger partial charge in [-0.05, 0) is 49.9 Å². The topological polar surface area (TPSA) is 76.8 Å². The van der Waals surface area contributed by atoms with Gasteiger partial charge in [-0.15, -0.1) is 24.8 Å². The van der Waals surface area contributed by atoms with Crippen LogP contribution >= 0.6 is 24.8 Å². The Morgan fingerprint density at radius 3 is 2.37 bits per heavy atom. The van der Waals surface area contributed by atoms with E-state index in [1.165, 1.54) is 0 Å². The summed E-state index contributed by atoms with van der Waals surface area (Å²) in [5, 5.41) is 2.93. The summed E-state index contributed by atoms with van der Waals surface area (Å²) >= 11 is 0. The Morgan fingerprint density at radius 2 is 1.78 bits per heavy atom. The molecule has 0 radical (unpaired) electrons. The fraction of sp³-hybridized carbons (Fsp3) is 0.316. The van der Waals surface area contributed by atoms with Crippen molar-refractivity contribution in [2.75, 3.05) is 26.0 Å². The molecule has 1 aliphatic heterocycles. The molecule has 0 aromatic heterocycles. The van der Waals surface area contributed by atoms with E-state index in [1.807, 2.05) is 60.5 Å². The van der Waals surface area contributed by atoms with Crippen LogP contribution in [0.15, 0.2) is 48.5 Å². The van der Waals surface area contributed by atoms with Crippen LogP contribution in [0.5, 0.6) is 17.2 Å². The molecule has 3 rings (SSSR count). The van der Waals surface area contributed by atoms with Gasteiger partial charge in [0.2, 0.25) is 5.91 Å². The Kier molecular flexibility index (Phi) is 8.85. The molecule has 3 N–H and O–H groups in total. The van der Waals surface area contributed by atoms with Crippen molar-refractivity contribution in [2.24, 2.45) is 5.73 Å². The summed E-state index contributed by atoms with van der Waals surface area (Å²) < 4.78 is 11.0. The van der Waals surface area contributed by atoms with Gasteiger partial charge in [0.05, 0.1) is 13.2 Å². The Hall–Kier alpha value is -1.99. The molecule has 6 nitrogen and oxygen atoms in total. The van der Waals surface area contributed by atoms with Gasteiger partial charge in [0.1, 0.15) is 17.2 Å². The van der Waals surface area contributed by atoms with Gasteiger partial charge in [-0.2, -0.15) is 0 Å². The molecule has 1 fully saturated rings. The smallest absolute Gasteiger partial charge is 0.241 e. The second-order valence-electron chi connectivity index (χ2n) is 6.25. The maximum atomic E-state index is 12.4. The standard InChI is InChI=1S/C19H23N3O3.2ClH/c1-22-12-13(20)10-18(22)19(23)21-14-6-8-15(9-7-14)25-17-5-3-4-16(11-17)24-2;;/h3-9,11,13,18H,10,12,20H2,1-2H3,(H,21,23);2*1H/t13-,18-;;/m0../s1. The number of hydrogen-bond acceptors (Lipinski definition) is 5. The van der Waals surface area contributed by atoms with E-state index < -0.39 is 0 Å². The summed E-state index contributed by atoms with van der Waals surface area (Å²) in [6.45, 7) is 0.741. The Labute approximate surface area is 171 Å². The van der Waals surface area contributed by atoms with Crippen molar-refractivity contribution in [3.8, 4) is 17.2 Å². The number of nitrogens with two attached hydrogens (primary N) is 1. The van der Waals surface area contributed by atoms with E-state index in [1.54, 1.807) is 7.11 Å². The van der Waals surface area contributed by atoms with Gasteiger partial charge < -0.3 is 20.5 Å². The number of rotatable bonds is 5.